The van der Waals surface area contributed by atoms with Gasteiger partial charge in [0.05, 0.1) is 5.69 Å². The molecule has 0 bridgehead atoms. The van der Waals surface area contributed by atoms with Gasteiger partial charge in [-0.2, -0.15) is 0 Å². The molecule has 1 atom stereocenters. The number of hydrogen-bond donors (Lipinski definition) is 0. The molecular formula is C18H15BrF2N2O2. The van der Waals surface area contributed by atoms with Crippen molar-refractivity contribution in [2.24, 2.45) is 0 Å². The number of nitrogens with zero attached hydrogens (tertiary/aromatic N) is 2. The highest BCUT2D eigenvalue weighted by atomic mass is 79.9. The number of amides is 2. The number of benzene rings is 2. The van der Waals surface area contributed by atoms with Crippen molar-refractivity contribution in [3.63, 3.8) is 0 Å². The van der Waals surface area contributed by atoms with Gasteiger partial charge in [0.2, 0.25) is 5.91 Å². The Morgan fingerprint density at radius 3 is 2.44 bits per heavy atom. The fourth-order valence-electron chi connectivity index (χ4n) is 2.85. The lowest BCUT2D eigenvalue weighted by atomic mass is 10.1. The maximum Gasteiger partial charge on any atom is 0.254 e. The van der Waals surface area contributed by atoms with Gasteiger partial charge in [-0.15, -0.1) is 0 Å². The van der Waals surface area contributed by atoms with E-state index >= 15 is 0 Å². The topological polar surface area (TPSA) is 40.6 Å². The molecule has 1 heterocycles. The summed E-state index contributed by atoms with van der Waals surface area (Å²) in [6.45, 7) is 2.01. The molecule has 25 heavy (non-hydrogen) atoms. The van der Waals surface area contributed by atoms with E-state index in [1.54, 1.807) is 31.2 Å². The van der Waals surface area contributed by atoms with Crippen LogP contribution in [-0.2, 0) is 4.79 Å². The van der Waals surface area contributed by atoms with E-state index in [0.717, 1.165) is 16.6 Å². The standard InChI is InChI=1S/C18H15BrF2N2O2/c1-11-17(24)23(16-7-6-14(20)10-15(16)21)9-8-22(11)18(25)12-2-4-13(19)5-3-12/h2-7,10-11H,8-9H2,1H3. The lowest BCUT2D eigenvalue weighted by molar-refractivity contribution is -0.124. The Morgan fingerprint density at radius 1 is 1.12 bits per heavy atom. The Kier molecular flexibility index (Phi) is 4.85. The maximum atomic E-state index is 14.0. The quantitative estimate of drug-likeness (QED) is 0.761. The fraction of sp³-hybridized carbons (Fsp3) is 0.222. The maximum absolute atomic E-state index is 14.0. The number of halogens is 3. The molecule has 3 rings (SSSR count). The SMILES string of the molecule is CC1C(=O)N(c2ccc(F)cc2F)CCN1C(=O)c1ccc(Br)cc1. The molecule has 1 aliphatic heterocycles. The van der Waals surface area contributed by atoms with Gasteiger partial charge in [0.15, 0.2) is 0 Å². The summed E-state index contributed by atoms with van der Waals surface area (Å²) in [5, 5.41) is 0. The van der Waals surface area contributed by atoms with Gasteiger partial charge in [-0.1, -0.05) is 15.9 Å². The minimum Gasteiger partial charge on any atom is -0.325 e. The summed E-state index contributed by atoms with van der Waals surface area (Å²) in [5.74, 6) is -2.16. The number of hydrogen-bond acceptors (Lipinski definition) is 2. The van der Waals surface area contributed by atoms with Crippen molar-refractivity contribution in [1.29, 1.82) is 0 Å². The Bertz CT molecular complexity index is 826. The van der Waals surface area contributed by atoms with Gasteiger partial charge in [-0.05, 0) is 43.3 Å². The molecule has 4 nitrogen and oxygen atoms in total. The van der Waals surface area contributed by atoms with E-state index in [0.29, 0.717) is 5.56 Å². The highest BCUT2D eigenvalue weighted by Gasteiger charge is 2.36. The van der Waals surface area contributed by atoms with Crippen LogP contribution in [0.2, 0.25) is 0 Å². The third-order valence-corrected chi connectivity index (χ3v) is 4.74. The predicted octanol–water partition coefficient (Wildman–Crippen LogP) is 3.60. The average Bonchev–Trinajstić information content (AvgIpc) is 2.58. The van der Waals surface area contributed by atoms with E-state index in [-0.39, 0.29) is 24.7 Å². The molecule has 0 aliphatic carbocycles. The third kappa shape index (κ3) is 3.42. The van der Waals surface area contributed by atoms with Gasteiger partial charge in [0, 0.05) is 29.2 Å². The Morgan fingerprint density at radius 2 is 1.80 bits per heavy atom. The second-order valence-electron chi connectivity index (χ2n) is 5.77. The monoisotopic (exact) mass is 408 g/mol. The van der Waals surface area contributed by atoms with E-state index in [1.807, 2.05) is 0 Å². The number of carbonyl (C=O) groups is 2. The highest BCUT2D eigenvalue weighted by molar-refractivity contribution is 9.10. The van der Waals surface area contributed by atoms with Gasteiger partial charge in [-0.3, -0.25) is 9.59 Å². The second-order valence-corrected chi connectivity index (χ2v) is 6.68. The van der Waals surface area contributed by atoms with E-state index in [9.17, 15) is 18.4 Å². The molecule has 2 amide bonds. The van der Waals surface area contributed by atoms with Crippen LogP contribution in [0, 0.1) is 11.6 Å². The zero-order valence-electron chi connectivity index (χ0n) is 13.4. The van der Waals surface area contributed by atoms with Crippen molar-refractivity contribution in [2.75, 3.05) is 18.0 Å². The minimum absolute atomic E-state index is 0.0222. The average molecular weight is 409 g/mol. The van der Waals surface area contributed by atoms with Crippen LogP contribution in [0.25, 0.3) is 0 Å². The van der Waals surface area contributed by atoms with Gasteiger partial charge >= 0.3 is 0 Å². The number of rotatable bonds is 2. The summed E-state index contributed by atoms with van der Waals surface area (Å²) in [5.41, 5.74) is 0.498. The van der Waals surface area contributed by atoms with Crippen LogP contribution in [0.3, 0.4) is 0 Å². The molecule has 1 fully saturated rings. The second kappa shape index (κ2) is 6.92. The molecule has 1 aliphatic rings. The minimum atomic E-state index is -0.798. The molecule has 0 saturated carbocycles. The largest absolute Gasteiger partial charge is 0.325 e. The summed E-state index contributed by atoms with van der Waals surface area (Å²) >= 11 is 3.31. The van der Waals surface area contributed by atoms with Crippen molar-refractivity contribution in [3.05, 3.63) is 64.1 Å². The van der Waals surface area contributed by atoms with Crippen LogP contribution in [-0.4, -0.2) is 35.8 Å². The zero-order valence-corrected chi connectivity index (χ0v) is 15.0. The summed E-state index contributed by atoms with van der Waals surface area (Å²) in [6, 6.07) is 9.21. The van der Waals surface area contributed by atoms with Gasteiger partial charge in [0.25, 0.3) is 5.91 Å². The first-order chi connectivity index (χ1) is 11.9. The van der Waals surface area contributed by atoms with Crippen LogP contribution in [0.5, 0.6) is 0 Å². The fourth-order valence-corrected chi connectivity index (χ4v) is 3.11. The Balaban J connectivity index is 1.81. The molecule has 2 aromatic carbocycles. The molecular weight excluding hydrogens is 394 g/mol. The number of anilines is 1. The summed E-state index contributed by atoms with van der Waals surface area (Å²) in [7, 11) is 0. The van der Waals surface area contributed by atoms with Crippen molar-refractivity contribution in [2.45, 2.75) is 13.0 Å². The van der Waals surface area contributed by atoms with Crippen LogP contribution < -0.4 is 4.90 Å². The molecule has 0 radical (unpaired) electrons. The molecule has 1 unspecified atom stereocenters. The van der Waals surface area contributed by atoms with Crippen molar-refractivity contribution < 1.29 is 18.4 Å². The molecule has 130 valence electrons. The smallest absolute Gasteiger partial charge is 0.254 e. The first kappa shape index (κ1) is 17.5. The van der Waals surface area contributed by atoms with Crippen molar-refractivity contribution in [1.82, 2.24) is 4.90 Å². The number of piperazine rings is 1. The van der Waals surface area contributed by atoms with Crippen LogP contribution in [0.4, 0.5) is 14.5 Å². The number of carbonyl (C=O) groups excluding carboxylic acids is 2. The Labute approximate surface area is 152 Å². The molecule has 2 aromatic rings. The van der Waals surface area contributed by atoms with E-state index < -0.39 is 23.6 Å². The predicted molar refractivity (Wildman–Crippen MR) is 93.4 cm³/mol. The lowest BCUT2D eigenvalue weighted by Gasteiger charge is -2.39. The molecule has 0 N–H and O–H groups in total. The summed E-state index contributed by atoms with van der Waals surface area (Å²) in [4.78, 5) is 28.0. The van der Waals surface area contributed by atoms with Crippen molar-refractivity contribution in [3.8, 4) is 0 Å². The Hall–Kier alpha value is -2.28. The third-order valence-electron chi connectivity index (χ3n) is 4.21. The van der Waals surface area contributed by atoms with Crippen LogP contribution >= 0.6 is 15.9 Å². The molecule has 1 saturated heterocycles. The van der Waals surface area contributed by atoms with Crippen LogP contribution in [0.1, 0.15) is 17.3 Å². The van der Waals surface area contributed by atoms with Crippen molar-refractivity contribution >= 4 is 33.4 Å². The summed E-state index contributed by atoms with van der Waals surface area (Å²) in [6.07, 6.45) is 0. The summed E-state index contributed by atoms with van der Waals surface area (Å²) < 4.78 is 27.9. The molecule has 0 spiro atoms. The van der Waals surface area contributed by atoms with Gasteiger partial charge < -0.3 is 9.80 Å². The zero-order chi connectivity index (χ0) is 18.1. The normalized spacial score (nSPS) is 17.8. The first-order valence-electron chi connectivity index (χ1n) is 7.71. The molecule has 0 aromatic heterocycles. The highest BCUT2D eigenvalue weighted by Crippen LogP contribution is 2.25. The van der Waals surface area contributed by atoms with E-state index in [4.69, 9.17) is 0 Å². The van der Waals surface area contributed by atoms with Crippen LogP contribution in [0.15, 0.2) is 46.9 Å². The molecule has 7 heteroatoms. The lowest BCUT2D eigenvalue weighted by Crippen LogP contribution is -2.58. The first-order valence-corrected chi connectivity index (χ1v) is 8.51. The van der Waals surface area contributed by atoms with Gasteiger partial charge in [0.1, 0.15) is 17.7 Å². The van der Waals surface area contributed by atoms with Gasteiger partial charge in [-0.25, -0.2) is 8.78 Å². The van der Waals surface area contributed by atoms with E-state index in [1.165, 1.54) is 15.9 Å². The van der Waals surface area contributed by atoms with E-state index in [2.05, 4.69) is 15.9 Å².